The molecule has 0 radical (unpaired) electrons. The SMILES string of the molecule is O=C1C=CC(=O)N1c1ccc(-c2ccc(N3C(=O)C=CC3=O)cc2F)cc1. The van der Waals surface area contributed by atoms with E-state index in [1.165, 1.54) is 24.3 Å². The molecule has 4 amide bonds. The van der Waals surface area contributed by atoms with Crippen molar-refractivity contribution in [3.8, 4) is 11.1 Å². The first kappa shape index (κ1) is 16.6. The van der Waals surface area contributed by atoms with Gasteiger partial charge >= 0.3 is 0 Å². The molecule has 2 aliphatic rings. The molecule has 6 nitrogen and oxygen atoms in total. The number of carbonyl (C=O) groups excluding carboxylic acids is 4. The summed E-state index contributed by atoms with van der Waals surface area (Å²) in [7, 11) is 0. The zero-order chi connectivity index (χ0) is 19.1. The molecule has 0 aliphatic carbocycles. The van der Waals surface area contributed by atoms with Gasteiger partial charge in [-0.05, 0) is 35.9 Å². The van der Waals surface area contributed by atoms with Crippen LogP contribution in [0.3, 0.4) is 0 Å². The van der Waals surface area contributed by atoms with Crippen molar-refractivity contribution in [2.75, 3.05) is 9.80 Å². The molecule has 2 aromatic carbocycles. The minimum absolute atomic E-state index is 0.146. The van der Waals surface area contributed by atoms with Crippen LogP contribution >= 0.6 is 0 Å². The Morgan fingerprint density at radius 3 is 1.52 bits per heavy atom. The maximum Gasteiger partial charge on any atom is 0.258 e. The van der Waals surface area contributed by atoms with Gasteiger partial charge in [0, 0.05) is 29.9 Å². The predicted octanol–water partition coefficient (Wildman–Crippen LogP) is 2.35. The van der Waals surface area contributed by atoms with Crippen LogP contribution in [0.5, 0.6) is 0 Å². The van der Waals surface area contributed by atoms with Crippen molar-refractivity contribution in [1.29, 1.82) is 0 Å². The summed E-state index contributed by atoms with van der Waals surface area (Å²) in [4.78, 5) is 48.7. The van der Waals surface area contributed by atoms with Crippen LogP contribution in [0, 0.1) is 5.82 Å². The Morgan fingerprint density at radius 1 is 0.593 bits per heavy atom. The molecule has 27 heavy (non-hydrogen) atoms. The lowest BCUT2D eigenvalue weighted by molar-refractivity contribution is -0.121. The standard InChI is InChI=1S/C20H11FN2O4/c21-16-11-14(23-19(26)9-10-20(23)27)5-6-15(16)12-1-3-13(4-2-12)22-17(24)7-8-18(22)25/h1-11H. The number of rotatable bonds is 3. The fourth-order valence-electron chi connectivity index (χ4n) is 2.98. The lowest BCUT2D eigenvalue weighted by Crippen LogP contribution is -2.29. The zero-order valence-electron chi connectivity index (χ0n) is 13.8. The van der Waals surface area contributed by atoms with Crippen LogP contribution in [0.15, 0.2) is 66.8 Å². The van der Waals surface area contributed by atoms with E-state index in [1.807, 2.05) is 0 Å². The number of hydrogen-bond acceptors (Lipinski definition) is 4. The minimum atomic E-state index is -0.609. The van der Waals surface area contributed by atoms with Crippen molar-refractivity contribution < 1.29 is 23.6 Å². The molecule has 132 valence electrons. The number of amides is 4. The van der Waals surface area contributed by atoms with Gasteiger partial charge in [-0.3, -0.25) is 19.2 Å². The molecule has 0 N–H and O–H groups in total. The van der Waals surface area contributed by atoms with Crippen LogP contribution in [0.4, 0.5) is 15.8 Å². The molecule has 4 rings (SSSR count). The van der Waals surface area contributed by atoms with Crippen molar-refractivity contribution in [2.45, 2.75) is 0 Å². The van der Waals surface area contributed by atoms with E-state index in [0.717, 1.165) is 28.0 Å². The van der Waals surface area contributed by atoms with Gasteiger partial charge in [-0.25, -0.2) is 14.2 Å². The average Bonchev–Trinajstić information content (AvgIpc) is 3.16. The Balaban J connectivity index is 1.62. The highest BCUT2D eigenvalue weighted by Gasteiger charge is 2.26. The Morgan fingerprint density at radius 2 is 1.04 bits per heavy atom. The fourth-order valence-corrected chi connectivity index (χ4v) is 2.98. The quantitative estimate of drug-likeness (QED) is 0.786. The molecule has 0 saturated carbocycles. The third-order valence-corrected chi connectivity index (χ3v) is 4.27. The molecule has 0 atom stereocenters. The van der Waals surface area contributed by atoms with E-state index in [0.29, 0.717) is 11.3 Å². The normalized spacial score (nSPS) is 16.2. The number of halogens is 1. The van der Waals surface area contributed by atoms with Gasteiger partial charge < -0.3 is 0 Å². The van der Waals surface area contributed by atoms with Crippen molar-refractivity contribution >= 4 is 35.0 Å². The molecule has 7 heteroatoms. The first-order valence-electron chi connectivity index (χ1n) is 7.98. The third kappa shape index (κ3) is 2.75. The minimum Gasteiger partial charge on any atom is -0.269 e. The second-order valence-electron chi connectivity index (χ2n) is 5.90. The Bertz CT molecular complexity index is 1030. The summed E-state index contributed by atoms with van der Waals surface area (Å²) in [5.41, 5.74) is 1.31. The highest BCUT2D eigenvalue weighted by Crippen LogP contribution is 2.30. The Hall–Kier alpha value is -3.87. The second-order valence-corrected chi connectivity index (χ2v) is 5.90. The third-order valence-electron chi connectivity index (χ3n) is 4.27. The average molecular weight is 362 g/mol. The van der Waals surface area contributed by atoms with E-state index in [9.17, 15) is 23.6 Å². The van der Waals surface area contributed by atoms with Crippen molar-refractivity contribution in [2.24, 2.45) is 0 Å². The lowest BCUT2D eigenvalue weighted by Gasteiger charge is -2.16. The predicted molar refractivity (Wildman–Crippen MR) is 95.1 cm³/mol. The largest absolute Gasteiger partial charge is 0.269 e. The van der Waals surface area contributed by atoms with Crippen LogP contribution in [0.25, 0.3) is 11.1 Å². The summed E-state index contributed by atoms with van der Waals surface area (Å²) in [6.07, 6.45) is 4.63. The van der Waals surface area contributed by atoms with Crippen LogP contribution in [-0.2, 0) is 19.2 Å². The Labute approximate surface area is 152 Å². The van der Waals surface area contributed by atoms with Crippen LogP contribution in [0.2, 0.25) is 0 Å². The first-order chi connectivity index (χ1) is 13.0. The smallest absolute Gasteiger partial charge is 0.258 e. The van der Waals surface area contributed by atoms with Gasteiger partial charge in [0.1, 0.15) is 5.82 Å². The van der Waals surface area contributed by atoms with Gasteiger partial charge in [0.2, 0.25) is 0 Å². The molecule has 0 bridgehead atoms. The highest BCUT2D eigenvalue weighted by molar-refractivity contribution is 6.28. The maximum absolute atomic E-state index is 14.6. The van der Waals surface area contributed by atoms with E-state index in [4.69, 9.17) is 0 Å². The molecular weight excluding hydrogens is 351 g/mol. The highest BCUT2D eigenvalue weighted by atomic mass is 19.1. The van der Waals surface area contributed by atoms with Gasteiger partial charge in [-0.2, -0.15) is 0 Å². The number of benzene rings is 2. The van der Waals surface area contributed by atoms with Gasteiger partial charge in [0.15, 0.2) is 0 Å². The number of anilines is 2. The molecule has 2 aliphatic heterocycles. The molecular formula is C20H11FN2O4. The van der Waals surface area contributed by atoms with Gasteiger partial charge in [0.25, 0.3) is 23.6 Å². The van der Waals surface area contributed by atoms with Gasteiger partial charge in [-0.1, -0.05) is 12.1 Å². The maximum atomic E-state index is 14.6. The van der Waals surface area contributed by atoms with Crippen molar-refractivity contribution in [3.63, 3.8) is 0 Å². The van der Waals surface area contributed by atoms with Crippen molar-refractivity contribution in [1.82, 2.24) is 0 Å². The van der Waals surface area contributed by atoms with Gasteiger partial charge in [0.05, 0.1) is 11.4 Å². The van der Waals surface area contributed by atoms with E-state index < -0.39 is 29.4 Å². The van der Waals surface area contributed by atoms with Crippen LogP contribution in [0.1, 0.15) is 0 Å². The first-order valence-corrected chi connectivity index (χ1v) is 7.98. The summed E-state index contributed by atoms with van der Waals surface area (Å²) in [5, 5.41) is 0. The fraction of sp³-hybridized carbons (Fsp3) is 0. The summed E-state index contributed by atoms with van der Waals surface area (Å²) in [5.74, 6) is -2.52. The van der Waals surface area contributed by atoms with Crippen LogP contribution in [-0.4, -0.2) is 23.6 Å². The number of nitrogens with zero attached hydrogens (tertiary/aromatic N) is 2. The molecule has 2 heterocycles. The lowest BCUT2D eigenvalue weighted by atomic mass is 10.0. The monoisotopic (exact) mass is 362 g/mol. The summed E-state index contributed by atoms with van der Waals surface area (Å²) in [6.45, 7) is 0. The van der Waals surface area contributed by atoms with E-state index in [1.54, 1.807) is 24.3 Å². The molecule has 0 spiro atoms. The summed E-state index contributed by atoms with van der Waals surface area (Å²) >= 11 is 0. The molecule has 2 aromatic rings. The van der Waals surface area contributed by atoms with Crippen LogP contribution < -0.4 is 9.80 Å². The molecule has 0 fully saturated rings. The number of imide groups is 2. The number of hydrogen-bond donors (Lipinski definition) is 0. The molecule has 0 saturated heterocycles. The number of carbonyl (C=O) groups is 4. The second kappa shape index (κ2) is 6.14. The molecule has 0 unspecified atom stereocenters. The molecule has 0 aromatic heterocycles. The summed E-state index contributed by atoms with van der Waals surface area (Å²) < 4.78 is 14.6. The van der Waals surface area contributed by atoms with E-state index in [2.05, 4.69) is 0 Å². The zero-order valence-corrected chi connectivity index (χ0v) is 13.8. The summed E-state index contributed by atoms with van der Waals surface area (Å²) in [6, 6.07) is 10.3. The topological polar surface area (TPSA) is 74.8 Å². The van der Waals surface area contributed by atoms with E-state index >= 15 is 0 Å². The Kier molecular flexibility index (Phi) is 3.77. The van der Waals surface area contributed by atoms with Gasteiger partial charge in [-0.15, -0.1) is 0 Å². The van der Waals surface area contributed by atoms with Crippen molar-refractivity contribution in [3.05, 3.63) is 72.6 Å². The van der Waals surface area contributed by atoms with E-state index in [-0.39, 0.29) is 11.3 Å².